The van der Waals surface area contributed by atoms with Gasteiger partial charge in [-0.15, -0.1) is 0 Å². The van der Waals surface area contributed by atoms with Crippen molar-refractivity contribution in [3.8, 4) is 0 Å². The molecule has 1 aromatic rings. The largest absolute Gasteiger partial charge is 0.464 e. The number of nitrogens with zero attached hydrogens (tertiary/aromatic N) is 1. The van der Waals surface area contributed by atoms with E-state index in [0.717, 1.165) is 0 Å². The molecule has 0 unspecified atom stereocenters. The molecule has 0 spiro atoms. The quantitative estimate of drug-likeness (QED) is 0.266. The van der Waals surface area contributed by atoms with Gasteiger partial charge < -0.3 is 14.2 Å². The van der Waals surface area contributed by atoms with E-state index in [-0.39, 0.29) is 24.5 Å². The highest BCUT2D eigenvalue weighted by Gasteiger charge is 2.63. The Kier molecular flexibility index (Phi) is 5.20. The zero-order valence-corrected chi connectivity index (χ0v) is 13.5. The SMILES string of the molecule is CCOC(=O)C1(C(=O)OCC)NC(=O)O[C@@H]1c1ccc([N+](=O)[O-])cc1. The number of esters is 2. The molecule has 1 amide bonds. The zero-order valence-electron chi connectivity index (χ0n) is 13.5. The Labute approximate surface area is 142 Å². The molecule has 0 radical (unpaired) electrons. The van der Waals surface area contributed by atoms with Crippen LogP contribution in [-0.4, -0.2) is 41.7 Å². The van der Waals surface area contributed by atoms with Crippen molar-refractivity contribution in [2.45, 2.75) is 25.5 Å². The summed E-state index contributed by atoms with van der Waals surface area (Å²) in [6, 6.07) is 4.91. The summed E-state index contributed by atoms with van der Waals surface area (Å²) in [7, 11) is 0. The molecular weight excluding hydrogens is 336 g/mol. The lowest BCUT2D eigenvalue weighted by molar-refractivity contribution is -0.384. The number of rotatable bonds is 6. The monoisotopic (exact) mass is 352 g/mol. The summed E-state index contributed by atoms with van der Waals surface area (Å²) >= 11 is 0. The van der Waals surface area contributed by atoms with Crippen molar-refractivity contribution in [2.75, 3.05) is 13.2 Å². The van der Waals surface area contributed by atoms with Gasteiger partial charge in [0, 0.05) is 12.1 Å². The van der Waals surface area contributed by atoms with Gasteiger partial charge in [0.25, 0.3) is 11.2 Å². The molecule has 1 atom stereocenters. The van der Waals surface area contributed by atoms with E-state index in [1.807, 2.05) is 0 Å². The zero-order chi connectivity index (χ0) is 18.6. The summed E-state index contributed by atoms with van der Waals surface area (Å²) in [5, 5.41) is 12.9. The molecule has 0 aliphatic carbocycles. The highest BCUT2D eigenvalue weighted by atomic mass is 16.6. The van der Waals surface area contributed by atoms with Gasteiger partial charge in [0.05, 0.1) is 18.1 Å². The number of hydrogen-bond donors (Lipinski definition) is 1. The molecule has 1 aliphatic heterocycles. The minimum absolute atomic E-state index is 0.0388. The van der Waals surface area contributed by atoms with E-state index in [1.54, 1.807) is 0 Å². The minimum Gasteiger partial charge on any atom is -0.464 e. The van der Waals surface area contributed by atoms with Gasteiger partial charge in [-0.1, -0.05) is 0 Å². The van der Waals surface area contributed by atoms with Crippen LogP contribution in [-0.2, 0) is 23.8 Å². The highest BCUT2D eigenvalue weighted by Crippen LogP contribution is 2.37. The third-order valence-electron chi connectivity index (χ3n) is 3.52. The minimum atomic E-state index is -2.22. The molecule has 1 fully saturated rings. The molecule has 10 nitrogen and oxygen atoms in total. The Hall–Kier alpha value is -3.17. The number of cyclic esters (lactones) is 1. The lowest BCUT2D eigenvalue weighted by Crippen LogP contribution is -2.59. The number of nitrogens with one attached hydrogen (secondary N) is 1. The van der Waals surface area contributed by atoms with E-state index in [4.69, 9.17) is 14.2 Å². The molecule has 1 heterocycles. The molecular formula is C15H16N2O8. The molecule has 2 rings (SSSR count). The van der Waals surface area contributed by atoms with Crippen molar-refractivity contribution in [2.24, 2.45) is 0 Å². The Bertz CT molecular complexity index is 682. The molecule has 0 saturated carbocycles. The first-order chi connectivity index (χ1) is 11.9. The van der Waals surface area contributed by atoms with Gasteiger partial charge >= 0.3 is 18.0 Å². The lowest BCUT2D eigenvalue weighted by atomic mass is 9.88. The summed E-state index contributed by atoms with van der Waals surface area (Å²) < 4.78 is 14.9. The second-order valence-electron chi connectivity index (χ2n) is 5.01. The number of hydrogen-bond acceptors (Lipinski definition) is 8. The number of alkyl carbamates (subject to hydrolysis) is 1. The average molecular weight is 352 g/mol. The molecule has 1 aliphatic rings. The Morgan fingerprint density at radius 3 is 2.16 bits per heavy atom. The smallest absolute Gasteiger partial charge is 0.409 e. The average Bonchev–Trinajstić information content (AvgIpc) is 2.94. The number of ether oxygens (including phenoxy) is 3. The van der Waals surface area contributed by atoms with Crippen LogP contribution in [0.2, 0.25) is 0 Å². The normalized spacial score (nSPS) is 18.0. The second-order valence-corrected chi connectivity index (χ2v) is 5.01. The van der Waals surface area contributed by atoms with Gasteiger partial charge in [0.15, 0.2) is 6.10 Å². The van der Waals surface area contributed by atoms with Crippen molar-refractivity contribution < 1.29 is 33.5 Å². The lowest BCUT2D eigenvalue weighted by Gasteiger charge is -2.27. The van der Waals surface area contributed by atoms with Crippen LogP contribution in [0.15, 0.2) is 24.3 Å². The number of carbonyl (C=O) groups excluding carboxylic acids is 3. The van der Waals surface area contributed by atoms with Crippen LogP contribution in [0.5, 0.6) is 0 Å². The fraction of sp³-hybridized carbons (Fsp3) is 0.400. The number of benzene rings is 1. The summed E-state index contributed by atoms with van der Waals surface area (Å²) in [6.07, 6.45) is -2.40. The second kappa shape index (κ2) is 7.16. The molecule has 25 heavy (non-hydrogen) atoms. The van der Waals surface area contributed by atoms with Crippen LogP contribution in [0.4, 0.5) is 10.5 Å². The van der Waals surface area contributed by atoms with Crippen molar-refractivity contribution in [1.29, 1.82) is 0 Å². The number of carbonyl (C=O) groups is 3. The van der Waals surface area contributed by atoms with Gasteiger partial charge in [-0.2, -0.15) is 0 Å². The van der Waals surface area contributed by atoms with Crippen molar-refractivity contribution in [1.82, 2.24) is 5.32 Å². The van der Waals surface area contributed by atoms with Gasteiger partial charge in [-0.3, -0.25) is 15.4 Å². The first kappa shape index (κ1) is 18.2. The summed E-state index contributed by atoms with van der Waals surface area (Å²) in [6.45, 7) is 3.00. The van der Waals surface area contributed by atoms with Crippen LogP contribution in [0, 0.1) is 10.1 Å². The summed E-state index contributed by atoms with van der Waals surface area (Å²) in [5.74, 6) is -2.08. The summed E-state index contributed by atoms with van der Waals surface area (Å²) in [5.41, 5.74) is -2.22. The van der Waals surface area contributed by atoms with Crippen molar-refractivity contribution >= 4 is 23.7 Å². The molecule has 1 saturated heterocycles. The number of nitro groups is 1. The topological polar surface area (TPSA) is 134 Å². The third-order valence-corrected chi connectivity index (χ3v) is 3.52. The molecule has 1 aromatic carbocycles. The van der Waals surface area contributed by atoms with Crippen molar-refractivity contribution in [3.05, 3.63) is 39.9 Å². The van der Waals surface area contributed by atoms with E-state index in [2.05, 4.69) is 5.32 Å². The molecule has 10 heteroatoms. The highest BCUT2D eigenvalue weighted by molar-refractivity contribution is 6.09. The van der Waals surface area contributed by atoms with E-state index in [1.165, 1.54) is 38.1 Å². The maximum atomic E-state index is 12.5. The maximum absolute atomic E-state index is 12.5. The number of nitro benzene ring substituents is 1. The fourth-order valence-electron chi connectivity index (χ4n) is 2.43. The molecule has 134 valence electrons. The van der Waals surface area contributed by atoms with E-state index in [0.29, 0.717) is 0 Å². The van der Waals surface area contributed by atoms with Crippen molar-refractivity contribution in [3.63, 3.8) is 0 Å². The fourth-order valence-corrected chi connectivity index (χ4v) is 2.43. The van der Waals surface area contributed by atoms with Crippen LogP contribution in [0.3, 0.4) is 0 Å². The predicted molar refractivity (Wildman–Crippen MR) is 81.5 cm³/mol. The molecule has 1 N–H and O–H groups in total. The first-order valence-corrected chi connectivity index (χ1v) is 7.44. The maximum Gasteiger partial charge on any atom is 0.409 e. The molecule has 0 aromatic heterocycles. The third kappa shape index (κ3) is 3.23. The summed E-state index contributed by atoms with van der Waals surface area (Å²) in [4.78, 5) is 46.9. The number of amides is 1. The standard InChI is InChI=1S/C15H16N2O8/c1-3-23-12(18)15(13(19)24-4-2)11(25-14(20)16-15)9-5-7-10(8-6-9)17(21)22/h5-8,11H,3-4H2,1-2H3,(H,16,20)/t11-/m1/s1. The van der Waals surface area contributed by atoms with E-state index < -0.39 is 34.6 Å². The predicted octanol–water partition coefficient (Wildman–Crippen LogP) is 1.24. The van der Waals surface area contributed by atoms with Gasteiger partial charge in [0.2, 0.25) is 0 Å². The Balaban J connectivity index is 2.51. The van der Waals surface area contributed by atoms with Gasteiger partial charge in [-0.25, -0.2) is 14.4 Å². The number of non-ortho nitro benzene ring substituents is 1. The van der Waals surface area contributed by atoms with E-state index in [9.17, 15) is 24.5 Å². The van der Waals surface area contributed by atoms with Gasteiger partial charge in [-0.05, 0) is 31.5 Å². The first-order valence-electron chi connectivity index (χ1n) is 7.44. The van der Waals surface area contributed by atoms with Gasteiger partial charge in [0.1, 0.15) is 0 Å². The Morgan fingerprint density at radius 2 is 1.72 bits per heavy atom. The Morgan fingerprint density at radius 1 is 1.20 bits per heavy atom. The van der Waals surface area contributed by atoms with E-state index >= 15 is 0 Å². The van der Waals surface area contributed by atoms with Crippen LogP contribution in [0.1, 0.15) is 25.5 Å². The van der Waals surface area contributed by atoms with Crippen LogP contribution < -0.4 is 5.32 Å². The van der Waals surface area contributed by atoms with Crippen LogP contribution >= 0.6 is 0 Å². The molecule has 0 bridgehead atoms. The van der Waals surface area contributed by atoms with Crippen LogP contribution in [0.25, 0.3) is 0 Å².